The van der Waals surface area contributed by atoms with E-state index in [1.165, 1.54) is 16.7 Å². The summed E-state index contributed by atoms with van der Waals surface area (Å²) in [5, 5.41) is 22.9. The van der Waals surface area contributed by atoms with Crippen LogP contribution in [-0.4, -0.2) is 27.3 Å². The van der Waals surface area contributed by atoms with E-state index in [-0.39, 0.29) is 11.5 Å². The number of nitro groups is 2. The molecule has 0 saturated heterocycles. The van der Waals surface area contributed by atoms with Gasteiger partial charge in [-0.3, -0.25) is 39.6 Å². The number of aryl methyl sites for hydroxylation is 1. The van der Waals surface area contributed by atoms with Crippen molar-refractivity contribution in [2.75, 3.05) is 9.80 Å². The van der Waals surface area contributed by atoms with Crippen molar-refractivity contribution in [3.8, 4) is 0 Å². The molecule has 0 aromatic heterocycles. The lowest BCUT2D eigenvalue weighted by Gasteiger charge is -2.51. The molecule has 0 bridgehead atoms. The molecule has 10 heteroatoms. The summed E-state index contributed by atoms with van der Waals surface area (Å²) in [6.45, 7) is 3.15. The van der Waals surface area contributed by atoms with Crippen molar-refractivity contribution in [2.45, 2.75) is 32.4 Å². The van der Waals surface area contributed by atoms with Gasteiger partial charge in [0.25, 0.3) is 17.3 Å². The number of carbonyl (C=O) groups is 2. The number of para-hydroxylation sites is 2. The number of non-ortho nitro benzene ring substituents is 2. The minimum absolute atomic E-state index is 0.217. The Labute approximate surface area is 200 Å². The fourth-order valence-electron chi connectivity index (χ4n) is 4.66. The van der Waals surface area contributed by atoms with Crippen LogP contribution in [0.3, 0.4) is 0 Å². The van der Waals surface area contributed by atoms with Crippen LogP contribution in [0.5, 0.6) is 0 Å². The van der Waals surface area contributed by atoms with E-state index in [4.69, 9.17) is 0 Å². The van der Waals surface area contributed by atoms with Gasteiger partial charge in [0.05, 0.1) is 21.5 Å². The van der Waals surface area contributed by atoms with E-state index in [1.54, 1.807) is 43.3 Å². The van der Waals surface area contributed by atoms with Crippen molar-refractivity contribution in [3.05, 3.63) is 104 Å². The average molecular weight is 474 g/mol. The van der Waals surface area contributed by atoms with Crippen LogP contribution < -0.4 is 9.80 Å². The quantitative estimate of drug-likeness (QED) is 0.384. The first-order valence-corrected chi connectivity index (χ1v) is 10.9. The number of anilines is 2. The van der Waals surface area contributed by atoms with Crippen LogP contribution in [0.4, 0.5) is 22.7 Å². The fraction of sp³-hybridized carbons (Fsp3) is 0.200. The van der Waals surface area contributed by atoms with Gasteiger partial charge in [-0.15, -0.1) is 0 Å². The maximum absolute atomic E-state index is 14.0. The number of amides is 2. The Balaban J connectivity index is 1.94. The number of benzene rings is 3. The van der Waals surface area contributed by atoms with Crippen LogP contribution in [0.1, 0.15) is 36.2 Å². The predicted molar refractivity (Wildman–Crippen MR) is 129 cm³/mol. The first-order valence-electron chi connectivity index (χ1n) is 10.9. The van der Waals surface area contributed by atoms with Crippen LogP contribution in [0.2, 0.25) is 0 Å². The molecule has 3 aromatic carbocycles. The highest BCUT2D eigenvalue weighted by atomic mass is 16.6. The Hall–Kier alpha value is -4.60. The smallest absolute Gasteiger partial charge is 0.277 e. The Bertz CT molecular complexity index is 1310. The summed E-state index contributed by atoms with van der Waals surface area (Å²) in [5.41, 5.74) is -0.590. The monoisotopic (exact) mass is 474 g/mol. The summed E-state index contributed by atoms with van der Waals surface area (Å²) < 4.78 is 0. The lowest BCUT2D eigenvalue weighted by atomic mass is 9.89. The molecule has 1 heterocycles. The van der Waals surface area contributed by atoms with Gasteiger partial charge in [0.1, 0.15) is 5.66 Å². The van der Waals surface area contributed by atoms with Crippen LogP contribution in [-0.2, 0) is 11.2 Å². The summed E-state index contributed by atoms with van der Waals surface area (Å²) >= 11 is 0. The van der Waals surface area contributed by atoms with Crippen LogP contribution in [0.15, 0.2) is 72.8 Å². The predicted octanol–water partition coefficient (Wildman–Crippen LogP) is 4.87. The van der Waals surface area contributed by atoms with E-state index in [0.717, 1.165) is 23.8 Å². The molecule has 4 rings (SSSR count). The molecule has 1 aliphatic heterocycles. The Kier molecular flexibility index (Phi) is 6.04. The van der Waals surface area contributed by atoms with Crippen molar-refractivity contribution in [1.29, 1.82) is 0 Å². The van der Waals surface area contributed by atoms with E-state index < -0.39 is 32.8 Å². The third kappa shape index (κ3) is 4.21. The van der Waals surface area contributed by atoms with Gasteiger partial charge in [-0.25, -0.2) is 0 Å². The third-order valence-electron chi connectivity index (χ3n) is 6.17. The van der Waals surface area contributed by atoms with Crippen molar-refractivity contribution in [2.24, 2.45) is 0 Å². The summed E-state index contributed by atoms with van der Waals surface area (Å²) in [6, 6.07) is 18.9. The molecule has 178 valence electrons. The first kappa shape index (κ1) is 23.6. The zero-order chi connectivity index (χ0) is 25.3. The molecule has 0 fully saturated rings. The van der Waals surface area contributed by atoms with Gasteiger partial charge in [-0.2, -0.15) is 0 Å². The third-order valence-corrected chi connectivity index (χ3v) is 6.17. The molecule has 0 spiro atoms. The number of hydrogen-bond acceptors (Lipinski definition) is 6. The highest BCUT2D eigenvalue weighted by Gasteiger charge is 2.47. The Morgan fingerprint density at radius 2 is 1.49 bits per heavy atom. The second kappa shape index (κ2) is 8.98. The molecule has 1 aliphatic rings. The Morgan fingerprint density at radius 1 is 0.914 bits per heavy atom. The molecule has 1 unspecified atom stereocenters. The van der Waals surface area contributed by atoms with Crippen LogP contribution >= 0.6 is 0 Å². The fourth-order valence-corrected chi connectivity index (χ4v) is 4.66. The highest BCUT2D eigenvalue weighted by Crippen LogP contribution is 2.42. The lowest BCUT2D eigenvalue weighted by molar-refractivity contribution is -0.394. The van der Waals surface area contributed by atoms with Gasteiger partial charge in [0.2, 0.25) is 5.91 Å². The second-order valence-electron chi connectivity index (χ2n) is 8.43. The van der Waals surface area contributed by atoms with Gasteiger partial charge < -0.3 is 0 Å². The van der Waals surface area contributed by atoms with Gasteiger partial charge in [-0.05, 0) is 43.5 Å². The van der Waals surface area contributed by atoms with E-state index in [0.29, 0.717) is 24.2 Å². The van der Waals surface area contributed by atoms with Crippen molar-refractivity contribution in [3.63, 3.8) is 0 Å². The summed E-state index contributed by atoms with van der Waals surface area (Å²) in [7, 11) is 0. The largest absolute Gasteiger partial charge is 0.289 e. The number of hydrogen-bond donors (Lipinski definition) is 0. The maximum Gasteiger partial charge on any atom is 0.277 e. The molecule has 1 atom stereocenters. The zero-order valence-electron chi connectivity index (χ0n) is 19.1. The number of nitro benzene ring substituents is 2. The molecular weight excluding hydrogens is 452 g/mol. The molecule has 0 radical (unpaired) electrons. The Morgan fingerprint density at radius 3 is 2.06 bits per heavy atom. The van der Waals surface area contributed by atoms with Crippen molar-refractivity contribution >= 4 is 34.6 Å². The van der Waals surface area contributed by atoms with Crippen LogP contribution in [0, 0.1) is 20.2 Å². The number of nitrogens with zero attached hydrogens (tertiary/aromatic N) is 4. The van der Waals surface area contributed by atoms with E-state index >= 15 is 0 Å². The molecule has 0 saturated carbocycles. The SMILES string of the molecule is CC(=O)N(c1ccccc1)C1(C)CCc2ccccc2N1C(=O)c1cc([N+](=O)[O-])cc([N+](=O)[O-])c1. The van der Waals surface area contributed by atoms with Gasteiger partial charge in [0.15, 0.2) is 0 Å². The number of carbonyl (C=O) groups excluding carboxylic acids is 2. The van der Waals surface area contributed by atoms with E-state index in [1.807, 2.05) is 18.2 Å². The van der Waals surface area contributed by atoms with Crippen LogP contribution in [0.25, 0.3) is 0 Å². The molecule has 0 N–H and O–H groups in total. The number of fused-ring (bicyclic) bond motifs is 1. The lowest BCUT2D eigenvalue weighted by Crippen LogP contribution is -2.64. The standard InChI is InChI=1S/C25H22N4O6/c1-17(30)26(20-9-4-3-5-10-20)25(2)13-12-18-8-6-7-11-23(18)27(25)24(31)19-14-21(28(32)33)16-22(15-19)29(34)35/h3-11,14-16H,12-13H2,1-2H3. The number of rotatable bonds is 5. The second-order valence-corrected chi connectivity index (χ2v) is 8.43. The minimum atomic E-state index is -1.20. The minimum Gasteiger partial charge on any atom is -0.289 e. The van der Waals surface area contributed by atoms with E-state index in [9.17, 15) is 29.8 Å². The summed E-state index contributed by atoms with van der Waals surface area (Å²) in [4.78, 5) is 51.3. The summed E-state index contributed by atoms with van der Waals surface area (Å²) in [6.07, 6.45) is 0.948. The highest BCUT2D eigenvalue weighted by molar-refractivity contribution is 6.10. The average Bonchev–Trinajstić information content (AvgIpc) is 2.83. The summed E-state index contributed by atoms with van der Waals surface area (Å²) in [5.74, 6) is -0.991. The molecule has 3 aromatic rings. The molecular formula is C25H22N4O6. The molecule has 35 heavy (non-hydrogen) atoms. The molecule has 0 aliphatic carbocycles. The molecule has 10 nitrogen and oxygen atoms in total. The van der Waals surface area contributed by atoms with Crippen molar-refractivity contribution in [1.82, 2.24) is 0 Å². The normalized spacial score (nSPS) is 16.8. The topological polar surface area (TPSA) is 127 Å². The van der Waals surface area contributed by atoms with Gasteiger partial charge >= 0.3 is 0 Å². The van der Waals surface area contributed by atoms with Gasteiger partial charge in [0, 0.05) is 30.4 Å². The van der Waals surface area contributed by atoms with E-state index in [2.05, 4.69) is 0 Å². The van der Waals surface area contributed by atoms with Crippen molar-refractivity contribution < 1.29 is 19.4 Å². The van der Waals surface area contributed by atoms with Gasteiger partial charge in [-0.1, -0.05) is 36.4 Å². The maximum atomic E-state index is 14.0. The molecule has 2 amide bonds. The zero-order valence-corrected chi connectivity index (χ0v) is 19.1. The first-order chi connectivity index (χ1) is 16.6.